The van der Waals surface area contributed by atoms with Crippen molar-refractivity contribution >= 4 is 23.2 Å². The van der Waals surface area contributed by atoms with Crippen molar-refractivity contribution in [2.75, 3.05) is 24.5 Å². The lowest BCUT2D eigenvalue weighted by atomic mass is 9.75. The van der Waals surface area contributed by atoms with E-state index in [0.717, 1.165) is 43.2 Å². The molecule has 114 valence electrons. The minimum absolute atomic E-state index is 0.0245. The highest BCUT2D eigenvalue weighted by molar-refractivity contribution is 6.30. The normalized spacial score (nSPS) is 21.4. The van der Waals surface area contributed by atoms with Gasteiger partial charge in [0.1, 0.15) is 0 Å². The number of nitrogens with two attached hydrogens (primary N) is 1. The topological polar surface area (TPSA) is 58.4 Å². The molecule has 1 atom stereocenters. The number of anilines is 1. The molecular formula is C16H22ClN3O. The fourth-order valence-electron chi connectivity index (χ4n) is 3.55. The Kier molecular flexibility index (Phi) is 3.95. The molecule has 5 heteroatoms. The second-order valence-electron chi connectivity index (χ2n) is 6.13. The molecule has 0 radical (unpaired) electrons. The molecule has 1 amide bonds. The molecule has 0 aromatic heterocycles. The SMILES string of the molecule is CC[C@@H](N)C(=O)N1CC2(CCNCC2)c2cc(Cl)ccc21. The maximum Gasteiger partial charge on any atom is 0.243 e. The Morgan fingerprint density at radius 1 is 1.48 bits per heavy atom. The lowest BCUT2D eigenvalue weighted by Gasteiger charge is -2.35. The fraction of sp³-hybridized carbons (Fsp3) is 0.562. The summed E-state index contributed by atoms with van der Waals surface area (Å²) in [6.07, 6.45) is 2.73. The number of hydrogen-bond donors (Lipinski definition) is 2. The summed E-state index contributed by atoms with van der Waals surface area (Å²) in [7, 11) is 0. The quantitative estimate of drug-likeness (QED) is 0.879. The van der Waals surface area contributed by atoms with Crippen molar-refractivity contribution in [2.45, 2.75) is 37.6 Å². The summed E-state index contributed by atoms with van der Waals surface area (Å²) in [5.74, 6) is 0.0245. The number of fused-ring (bicyclic) bond motifs is 2. The summed E-state index contributed by atoms with van der Waals surface area (Å²) in [5.41, 5.74) is 8.22. The molecule has 0 bridgehead atoms. The van der Waals surface area contributed by atoms with Crippen molar-refractivity contribution in [1.82, 2.24) is 5.32 Å². The number of amides is 1. The number of carbonyl (C=O) groups is 1. The zero-order valence-corrected chi connectivity index (χ0v) is 13.1. The smallest absolute Gasteiger partial charge is 0.243 e. The van der Waals surface area contributed by atoms with E-state index in [1.807, 2.05) is 30.0 Å². The van der Waals surface area contributed by atoms with Crippen LogP contribution in [0, 0.1) is 0 Å². The first kappa shape index (κ1) is 14.8. The minimum Gasteiger partial charge on any atom is -0.320 e. The Balaban J connectivity index is 2.02. The first-order chi connectivity index (χ1) is 10.1. The maximum atomic E-state index is 12.6. The van der Waals surface area contributed by atoms with Gasteiger partial charge in [0.25, 0.3) is 0 Å². The highest BCUT2D eigenvalue weighted by Gasteiger charge is 2.45. The van der Waals surface area contributed by atoms with Crippen molar-refractivity contribution < 1.29 is 4.79 Å². The Labute approximate surface area is 130 Å². The van der Waals surface area contributed by atoms with Gasteiger partial charge in [-0.05, 0) is 56.1 Å². The fourth-order valence-corrected chi connectivity index (χ4v) is 3.72. The van der Waals surface area contributed by atoms with E-state index in [9.17, 15) is 4.79 Å². The van der Waals surface area contributed by atoms with E-state index >= 15 is 0 Å². The summed E-state index contributed by atoms with van der Waals surface area (Å²) in [6, 6.07) is 5.44. The summed E-state index contributed by atoms with van der Waals surface area (Å²) in [5, 5.41) is 4.14. The van der Waals surface area contributed by atoms with Crippen molar-refractivity contribution in [1.29, 1.82) is 0 Å². The monoisotopic (exact) mass is 307 g/mol. The lowest BCUT2D eigenvalue weighted by molar-refractivity contribution is -0.120. The van der Waals surface area contributed by atoms with E-state index in [4.69, 9.17) is 17.3 Å². The molecule has 1 fully saturated rings. The third-order valence-electron chi connectivity index (χ3n) is 4.87. The number of halogens is 1. The predicted molar refractivity (Wildman–Crippen MR) is 85.9 cm³/mol. The molecule has 21 heavy (non-hydrogen) atoms. The first-order valence-electron chi connectivity index (χ1n) is 7.65. The average molecular weight is 308 g/mol. The zero-order valence-electron chi connectivity index (χ0n) is 12.4. The number of nitrogens with zero attached hydrogens (tertiary/aromatic N) is 1. The molecule has 1 aromatic carbocycles. The van der Waals surface area contributed by atoms with Gasteiger partial charge in [0.2, 0.25) is 5.91 Å². The summed E-state index contributed by atoms with van der Waals surface area (Å²) < 4.78 is 0. The van der Waals surface area contributed by atoms with Gasteiger partial charge >= 0.3 is 0 Å². The average Bonchev–Trinajstić information content (AvgIpc) is 2.80. The summed E-state index contributed by atoms with van der Waals surface area (Å²) in [6.45, 7) is 4.64. The predicted octanol–water partition coefficient (Wildman–Crippen LogP) is 2.05. The van der Waals surface area contributed by atoms with Crippen LogP contribution in [-0.2, 0) is 10.2 Å². The third-order valence-corrected chi connectivity index (χ3v) is 5.10. The Bertz CT molecular complexity index is 554. The molecule has 0 unspecified atom stereocenters. The van der Waals surface area contributed by atoms with Gasteiger partial charge < -0.3 is 16.0 Å². The minimum atomic E-state index is -0.426. The van der Waals surface area contributed by atoms with E-state index in [1.165, 1.54) is 5.56 Å². The standard InChI is InChI=1S/C16H22ClN3O/c1-2-13(18)15(21)20-10-16(5-7-19-8-6-16)12-9-11(17)3-4-14(12)20/h3-4,9,13,19H,2,5-8,10,18H2,1H3/t13-/m1/s1. The number of rotatable bonds is 2. The van der Waals surface area contributed by atoms with Gasteiger partial charge in [-0.15, -0.1) is 0 Å². The zero-order chi connectivity index (χ0) is 15.0. The van der Waals surface area contributed by atoms with Crippen LogP contribution >= 0.6 is 11.6 Å². The number of carbonyl (C=O) groups excluding carboxylic acids is 1. The van der Waals surface area contributed by atoms with Gasteiger partial charge in [-0.3, -0.25) is 4.79 Å². The molecular weight excluding hydrogens is 286 g/mol. The molecule has 3 N–H and O–H groups in total. The van der Waals surface area contributed by atoms with Gasteiger partial charge in [-0.2, -0.15) is 0 Å². The van der Waals surface area contributed by atoms with Crippen LogP contribution in [0.3, 0.4) is 0 Å². The molecule has 2 aliphatic rings. The van der Waals surface area contributed by atoms with E-state index < -0.39 is 6.04 Å². The van der Waals surface area contributed by atoms with Crippen LogP contribution in [0.4, 0.5) is 5.69 Å². The number of piperidine rings is 1. The Morgan fingerprint density at radius 3 is 2.86 bits per heavy atom. The highest BCUT2D eigenvalue weighted by Crippen LogP contribution is 2.47. The third kappa shape index (κ3) is 2.45. The van der Waals surface area contributed by atoms with E-state index in [0.29, 0.717) is 6.42 Å². The molecule has 2 aliphatic heterocycles. The molecule has 1 saturated heterocycles. The Hall–Kier alpha value is -1.10. The second-order valence-corrected chi connectivity index (χ2v) is 6.57. The molecule has 1 spiro atoms. The van der Waals surface area contributed by atoms with E-state index in [-0.39, 0.29) is 11.3 Å². The Morgan fingerprint density at radius 2 is 2.19 bits per heavy atom. The first-order valence-corrected chi connectivity index (χ1v) is 8.03. The van der Waals surface area contributed by atoms with Gasteiger partial charge in [0.15, 0.2) is 0 Å². The molecule has 1 aromatic rings. The maximum absolute atomic E-state index is 12.6. The molecule has 0 aliphatic carbocycles. The molecule has 4 nitrogen and oxygen atoms in total. The van der Waals surface area contributed by atoms with Crippen LogP contribution in [0.5, 0.6) is 0 Å². The summed E-state index contributed by atoms with van der Waals surface area (Å²) in [4.78, 5) is 14.5. The van der Waals surface area contributed by atoms with Gasteiger partial charge in [-0.1, -0.05) is 18.5 Å². The lowest BCUT2D eigenvalue weighted by Crippen LogP contribution is -2.48. The van der Waals surface area contributed by atoms with E-state index in [2.05, 4.69) is 5.32 Å². The van der Waals surface area contributed by atoms with Crippen LogP contribution in [0.25, 0.3) is 0 Å². The highest BCUT2D eigenvalue weighted by atomic mass is 35.5. The van der Waals surface area contributed by atoms with Gasteiger partial charge in [0.05, 0.1) is 6.04 Å². The van der Waals surface area contributed by atoms with Crippen molar-refractivity contribution in [2.24, 2.45) is 5.73 Å². The van der Waals surface area contributed by atoms with Gasteiger partial charge in [0, 0.05) is 22.7 Å². The van der Waals surface area contributed by atoms with Gasteiger partial charge in [-0.25, -0.2) is 0 Å². The molecule has 2 heterocycles. The second kappa shape index (κ2) is 5.59. The largest absolute Gasteiger partial charge is 0.320 e. The van der Waals surface area contributed by atoms with Crippen LogP contribution < -0.4 is 16.0 Å². The van der Waals surface area contributed by atoms with Crippen LogP contribution in [0.1, 0.15) is 31.7 Å². The van der Waals surface area contributed by atoms with Crippen LogP contribution in [0.2, 0.25) is 5.02 Å². The molecule has 3 rings (SSSR count). The van der Waals surface area contributed by atoms with E-state index in [1.54, 1.807) is 0 Å². The number of nitrogens with one attached hydrogen (secondary N) is 1. The summed E-state index contributed by atoms with van der Waals surface area (Å²) >= 11 is 6.20. The van der Waals surface area contributed by atoms with Crippen LogP contribution in [0.15, 0.2) is 18.2 Å². The van der Waals surface area contributed by atoms with Crippen molar-refractivity contribution in [3.05, 3.63) is 28.8 Å². The molecule has 0 saturated carbocycles. The number of hydrogen-bond acceptors (Lipinski definition) is 3. The van der Waals surface area contributed by atoms with Crippen molar-refractivity contribution in [3.8, 4) is 0 Å². The van der Waals surface area contributed by atoms with Crippen molar-refractivity contribution in [3.63, 3.8) is 0 Å². The number of benzene rings is 1. The van der Waals surface area contributed by atoms with Crippen LogP contribution in [-0.4, -0.2) is 31.6 Å².